The Bertz CT molecular complexity index is 999. The minimum Gasteiger partial charge on any atom is -0.484 e. The maximum Gasteiger partial charge on any atom is 0.573 e. The van der Waals surface area contributed by atoms with E-state index in [0.717, 1.165) is 11.3 Å². The number of thiazole rings is 1. The lowest BCUT2D eigenvalue weighted by Gasteiger charge is -2.22. The number of carbonyl (C=O) groups is 1. The van der Waals surface area contributed by atoms with Gasteiger partial charge in [0.2, 0.25) is 0 Å². The van der Waals surface area contributed by atoms with Crippen molar-refractivity contribution < 1.29 is 27.4 Å². The molecular weight excluding hydrogens is 455 g/mol. The molecule has 3 rings (SSSR count). The molecule has 0 aliphatic heterocycles. The van der Waals surface area contributed by atoms with Crippen molar-refractivity contribution in [2.75, 3.05) is 38.7 Å². The van der Waals surface area contributed by atoms with E-state index in [9.17, 15) is 18.0 Å². The topological polar surface area (TPSA) is 54.9 Å². The van der Waals surface area contributed by atoms with Gasteiger partial charge in [0.25, 0.3) is 5.91 Å². The molecule has 0 spiro atoms. The summed E-state index contributed by atoms with van der Waals surface area (Å²) in [5.74, 6) is -0.0630. The fourth-order valence-electron chi connectivity index (χ4n) is 2.57. The van der Waals surface area contributed by atoms with Crippen molar-refractivity contribution in [2.45, 2.75) is 6.36 Å². The van der Waals surface area contributed by atoms with Crippen LogP contribution in [0.15, 0.2) is 48.5 Å². The summed E-state index contributed by atoms with van der Waals surface area (Å²) in [4.78, 5) is 20.7. The average molecular weight is 476 g/mol. The summed E-state index contributed by atoms with van der Waals surface area (Å²) < 4.78 is 47.4. The molecular formula is C20H21ClF3N3O3S. The van der Waals surface area contributed by atoms with E-state index < -0.39 is 6.36 Å². The van der Waals surface area contributed by atoms with Gasteiger partial charge in [-0.2, -0.15) is 0 Å². The summed E-state index contributed by atoms with van der Waals surface area (Å²) in [6.45, 7) is 0.751. The summed E-state index contributed by atoms with van der Waals surface area (Å²) in [6.07, 6.45) is -4.77. The van der Waals surface area contributed by atoms with Crippen LogP contribution in [0.3, 0.4) is 0 Å². The summed E-state index contributed by atoms with van der Waals surface area (Å²) >= 11 is 1.12. The molecule has 0 saturated heterocycles. The van der Waals surface area contributed by atoms with Crippen molar-refractivity contribution in [2.24, 2.45) is 0 Å². The number of nitrogens with zero attached hydrogens (tertiary/aromatic N) is 3. The van der Waals surface area contributed by atoms with Crippen LogP contribution in [0.2, 0.25) is 0 Å². The number of aromatic nitrogens is 1. The van der Waals surface area contributed by atoms with Gasteiger partial charge in [0.05, 0.1) is 10.2 Å². The van der Waals surface area contributed by atoms with Crippen LogP contribution in [-0.2, 0) is 4.79 Å². The molecule has 0 fully saturated rings. The van der Waals surface area contributed by atoms with Crippen LogP contribution in [0.25, 0.3) is 10.2 Å². The lowest BCUT2D eigenvalue weighted by atomic mass is 10.3. The van der Waals surface area contributed by atoms with Crippen LogP contribution < -0.4 is 14.4 Å². The van der Waals surface area contributed by atoms with Gasteiger partial charge < -0.3 is 14.4 Å². The molecule has 3 aromatic rings. The molecule has 0 radical (unpaired) electrons. The number of benzene rings is 2. The Morgan fingerprint density at radius 3 is 2.42 bits per heavy atom. The summed E-state index contributed by atoms with van der Waals surface area (Å²) in [5.41, 5.74) is 0.483. The minimum atomic E-state index is -4.77. The lowest BCUT2D eigenvalue weighted by Crippen LogP contribution is -2.39. The Hall–Kier alpha value is -2.56. The standard InChI is InChI=1S/C20H20F3N3O3S.ClH/c1-25(2)10-11-26(18(27)13-28-14-6-4-3-5-7-14)19-24-16-9-8-15(12-17(16)30-19)29-20(21,22)23;/h3-9,12H,10-11,13H2,1-2H3;1H. The summed E-state index contributed by atoms with van der Waals surface area (Å²) in [6, 6.07) is 12.8. The van der Waals surface area contributed by atoms with E-state index in [1.807, 2.05) is 25.1 Å². The first-order chi connectivity index (χ1) is 14.2. The summed E-state index contributed by atoms with van der Waals surface area (Å²) in [7, 11) is 3.75. The Kier molecular flexibility index (Phi) is 8.49. The van der Waals surface area contributed by atoms with Crippen molar-refractivity contribution in [3.8, 4) is 11.5 Å². The van der Waals surface area contributed by atoms with Crippen LogP contribution in [0.4, 0.5) is 18.3 Å². The number of carbonyl (C=O) groups excluding carboxylic acids is 1. The highest BCUT2D eigenvalue weighted by molar-refractivity contribution is 7.22. The quantitative estimate of drug-likeness (QED) is 0.477. The third-order valence-electron chi connectivity index (χ3n) is 3.99. The Balaban J connectivity index is 0.00000341. The van der Waals surface area contributed by atoms with E-state index >= 15 is 0 Å². The third-order valence-corrected chi connectivity index (χ3v) is 5.03. The van der Waals surface area contributed by atoms with E-state index in [0.29, 0.717) is 34.2 Å². The third kappa shape index (κ3) is 7.27. The fraction of sp³-hybridized carbons (Fsp3) is 0.300. The highest BCUT2D eigenvalue weighted by atomic mass is 35.5. The number of rotatable bonds is 8. The normalized spacial score (nSPS) is 11.3. The van der Waals surface area contributed by atoms with Crippen LogP contribution in [0, 0.1) is 0 Å². The van der Waals surface area contributed by atoms with Gasteiger partial charge in [-0.05, 0) is 38.4 Å². The molecule has 0 atom stereocenters. The van der Waals surface area contributed by atoms with E-state index in [4.69, 9.17) is 4.74 Å². The van der Waals surface area contributed by atoms with Crippen LogP contribution in [0.5, 0.6) is 11.5 Å². The van der Waals surface area contributed by atoms with Crippen LogP contribution >= 0.6 is 23.7 Å². The van der Waals surface area contributed by atoms with Gasteiger partial charge in [0.1, 0.15) is 11.5 Å². The Morgan fingerprint density at radius 2 is 1.77 bits per heavy atom. The van der Waals surface area contributed by atoms with Gasteiger partial charge >= 0.3 is 6.36 Å². The highest BCUT2D eigenvalue weighted by Gasteiger charge is 2.31. The average Bonchev–Trinajstić information content (AvgIpc) is 3.08. The highest BCUT2D eigenvalue weighted by Crippen LogP contribution is 2.33. The second-order valence-electron chi connectivity index (χ2n) is 6.62. The molecule has 6 nitrogen and oxygen atoms in total. The first-order valence-electron chi connectivity index (χ1n) is 9.00. The summed E-state index contributed by atoms with van der Waals surface area (Å²) in [5, 5.41) is 0.387. The molecule has 11 heteroatoms. The van der Waals surface area contributed by atoms with E-state index in [-0.39, 0.29) is 30.7 Å². The molecule has 0 bridgehead atoms. The molecule has 2 aromatic carbocycles. The molecule has 0 N–H and O–H groups in total. The zero-order valence-electron chi connectivity index (χ0n) is 16.8. The predicted octanol–water partition coefficient (Wildman–Crippen LogP) is 4.59. The fourth-order valence-corrected chi connectivity index (χ4v) is 3.61. The van der Waals surface area contributed by atoms with Crippen molar-refractivity contribution >= 4 is 45.0 Å². The van der Waals surface area contributed by atoms with Crippen LogP contribution in [-0.4, -0.2) is 55.9 Å². The molecule has 1 heterocycles. The number of fused-ring (bicyclic) bond motifs is 1. The minimum absolute atomic E-state index is 0. The monoisotopic (exact) mass is 475 g/mol. The van der Waals surface area contributed by atoms with Gasteiger partial charge in [-0.3, -0.25) is 9.69 Å². The van der Waals surface area contributed by atoms with Crippen molar-refractivity contribution in [3.05, 3.63) is 48.5 Å². The number of ether oxygens (including phenoxy) is 2. The molecule has 0 aliphatic carbocycles. The second-order valence-corrected chi connectivity index (χ2v) is 7.63. The van der Waals surface area contributed by atoms with E-state index in [1.165, 1.54) is 23.1 Å². The molecule has 1 aromatic heterocycles. The van der Waals surface area contributed by atoms with Crippen LogP contribution in [0.1, 0.15) is 0 Å². The van der Waals surface area contributed by atoms with Crippen molar-refractivity contribution in [3.63, 3.8) is 0 Å². The molecule has 0 saturated carbocycles. The zero-order valence-corrected chi connectivity index (χ0v) is 18.4. The number of hydrogen-bond donors (Lipinski definition) is 0. The maximum absolute atomic E-state index is 12.8. The smallest absolute Gasteiger partial charge is 0.484 e. The zero-order chi connectivity index (χ0) is 21.7. The molecule has 31 heavy (non-hydrogen) atoms. The molecule has 1 amide bonds. The SMILES string of the molecule is CN(C)CCN(C(=O)COc1ccccc1)c1nc2ccc(OC(F)(F)F)cc2s1.Cl. The first kappa shape index (κ1) is 24.7. The number of amides is 1. The van der Waals surface area contributed by atoms with Gasteiger partial charge in [-0.25, -0.2) is 4.98 Å². The maximum atomic E-state index is 12.8. The van der Waals surface area contributed by atoms with Gasteiger partial charge in [0, 0.05) is 19.2 Å². The second kappa shape index (κ2) is 10.7. The number of alkyl halides is 3. The number of para-hydroxylation sites is 1. The van der Waals surface area contributed by atoms with E-state index in [2.05, 4.69) is 9.72 Å². The number of likely N-dealkylation sites (N-methyl/N-ethyl adjacent to an activating group) is 1. The van der Waals surface area contributed by atoms with Gasteiger partial charge in [0.15, 0.2) is 11.7 Å². The Labute approximate surface area is 187 Å². The predicted molar refractivity (Wildman–Crippen MR) is 116 cm³/mol. The lowest BCUT2D eigenvalue weighted by molar-refractivity contribution is -0.274. The van der Waals surface area contributed by atoms with Crippen molar-refractivity contribution in [1.29, 1.82) is 0 Å². The first-order valence-corrected chi connectivity index (χ1v) is 9.82. The number of halogens is 4. The number of hydrogen-bond acceptors (Lipinski definition) is 6. The molecule has 0 unspecified atom stereocenters. The molecule has 168 valence electrons. The van der Waals surface area contributed by atoms with Crippen molar-refractivity contribution in [1.82, 2.24) is 9.88 Å². The van der Waals surface area contributed by atoms with Gasteiger partial charge in [-0.15, -0.1) is 25.6 Å². The Morgan fingerprint density at radius 1 is 1.06 bits per heavy atom. The van der Waals surface area contributed by atoms with E-state index in [1.54, 1.807) is 24.3 Å². The number of anilines is 1. The molecule has 0 aliphatic rings. The van der Waals surface area contributed by atoms with Gasteiger partial charge in [-0.1, -0.05) is 29.5 Å². The largest absolute Gasteiger partial charge is 0.573 e.